The number of nitrogens with zero attached hydrogens (tertiary/aromatic N) is 1. The van der Waals surface area contributed by atoms with Crippen LogP contribution in [0.25, 0.3) is 0 Å². The van der Waals surface area contributed by atoms with Crippen molar-refractivity contribution < 1.29 is 4.79 Å². The molecule has 0 bridgehead atoms. The highest BCUT2D eigenvalue weighted by atomic mass is 16.2. The van der Waals surface area contributed by atoms with Gasteiger partial charge in [0.2, 0.25) is 5.91 Å². The summed E-state index contributed by atoms with van der Waals surface area (Å²) >= 11 is 0. The number of nitrogens with one attached hydrogen (secondary N) is 1. The van der Waals surface area contributed by atoms with Crippen molar-refractivity contribution in [2.45, 2.75) is 18.9 Å². The predicted octanol–water partition coefficient (Wildman–Crippen LogP) is 0.0759. The molecule has 0 radical (unpaired) electrons. The molecule has 3 N–H and O–H groups in total. The number of aliphatic imine (C=N–C) groups is 1. The Morgan fingerprint density at radius 1 is 1.54 bits per heavy atom. The standard InChI is InChI=1S/C9H11N3O/c10-6-5-8-7(12-9(6)13)3-1-2-4-11-8/h3-6H,1-2,10H2,(H,12,13). The number of fused-ring (bicyclic) bond motifs is 1. The number of nitrogens with two attached hydrogens (primary N) is 1. The highest BCUT2D eigenvalue weighted by Crippen LogP contribution is 2.17. The van der Waals surface area contributed by atoms with Crippen LogP contribution in [0.5, 0.6) is 0 Å². The molecule has 0 aliphatic carbocycles. The summed E-state index contributed by atoms with van der Waals surface area (Å²) in [5, 5.41) is 2.72. The minimum absolute atomic E-state index is 0.160. The minimum Gasteiger partial charge on any atom is -0.323 e. The number of allylic oxidation sites excluding steroid dienone is 1. The normalized spacial score (nSPS) is 26.8. The fourth-order valence-corrected chi connectivity index (χ4v) is 1.35. The molecule has 13 heavy (non-hydrogen) atoms. The van der Waals surface area contributed by atoms with E-state index in [2.05, 4.69) is 10.3 Å². The Morgan fingerprint density at radius 3 is 3.23 bits per heavy atom. The van der Waals surface area contributed by atoms with E-state index in [1.807, 2.05) is 12.3 Å². The zero-order valence-corrected chi connectivity index (χ0v) is 7.16. The lowest BCUT2D eigenvalue weighted by Crippen LogP contribution is -2.42. The summed E-state index contributed by atoms with van der Waals surface area (Å²) in [5.74, 6) is -0.160. The largest absolute Gasteiger partial charge is 0.323 e. The van der Waals surface area contributed by atoms with Gasteiger partial charge in [0.1, 0.15) is 6.04 Å². The maximum absolute atomic E-state index is 11.2. The Labute approximate surface area is 76.2 Å². The maximum atomic E-state index is 11.2. The SMILES string of the molecule is NC1C=C2N=CCCC=C2NC1=O. The molecule has 1 unspecified atom stereocenters. The fourth-order valence-electron chi connectivity index (χ4n) is 1.35. The van der Waals surface area contributed by atoms with Crippen molar-refractivity contribution in [1.29, 1.82) is 0 Å². The first kappa shape index (κ1) is 8.19. The van der Waals surface area contributed by atoms with Gasteiger partial charge in [-0.1, -0.05) is 6.08 Å². The monoisotopic (exact) mass is 177 g/mol. The van der Waals surface area contributed by atoms with E-state index in [0.29, 0.717) is 0 Å². The van der Waals surface area contributed by atoms with Crippen molar-refractivity contribution in [2.75, 3.05) is 0 Å². The van der Waals surface area contributed by atoms with Crippen molar-refractivity contribution >= 4 is 12.1 Å². The maximum Gasteiger partial charge on any atom is 0.245 e. The van der Waals surface area contributed by atoms with Crippen LogP contribution in [0.1, 0.15) is 12.8 Å². The molecule has 0 fully saturated rings. The van der Waals surface area contributed by atoms with Crippen LogP contribution in [0.4, 0.5) is 0 Å². The third kappa shape index (κ3) is 1.53. The van der Waals surface area contributed by atoms with Crippen LogP contribution in [-0.2, 0) is 4.79 Å². The Bertz CT molecular complexity index is 328. The van der Waals surface area contributed by atoms with Gasteiger partial charge in [-0.15, -0.1) is 0 Å². The smallest absolute Gasteiger partial charge is 0.245 e. The van der Waals surface area contributed by atoms with Gasteiger partial charge in [-0.2, -0.15) is 0 Å². The molecule has 0 aromatic rings. The first-order valence-electron chi connectivity index (χ1n) is 4.29. The molecule has 4 heteroatoms. The van der Waals surface area contributed by atoms with E-state index in [4.69, 9.17) is 5.73 Å². The van der Waals surface area contributed by atoms with Crippen molar-refractivity contribution in [1.82, 2.24) is 5.32 Å². The predicted molar refractivity (Wildman–Crippen MR) is 50.0 cm³/mol. The van der Waals surface area contributed by atoms with Crippen molar-refractivity contribution in [3.63, 3.8) is 0 Å². The third-order valence-corrected chi connectivity index (χ3v) is 2.05. The molecule has 2 rings (SSSR count). The number of hydrogen-bond donors (Lipinski definition) is 2. The topological polar surface area (TPSA) is 67.5 Å². The average Bonchev–Trinajstić information content (AvgIpc) is 2.31. The Balaban J connectivity index is 2.38. The van der Waals surface area contributed by atoms with E-state index in [0.717, 1.165) is 24.2 Å². The van der Waals surface area contributed by atoms with Gasteiger partial charge in [0.15, 0.2) is 0 Å². The van der Waals surface area contributed by atoms with Gasteiger partial charge >= 0.3 is 0 Å². The molecule has 4 nitrogen and oxygen atoms in total. The molecular formula is C9H11N3O. The molecule has 0 saturated heterocycles. The van der Waals surface area contributed by atoms with Gasteiger partial charge in [0.25, 0.3) is 0 Å². The van der Waals surface area contributed by atoms with Gasteiger partial charge in [-0.05, 0) is 18.9 Å². The second-order valence-electron chi connectivity index (χ2n) is 3.07. The number of amides is 1. The second kappa shape index (κ2) is 3.14. The van der Waals surface area contributed by atoms with Crippen LogP contribution in [0.15, 0.2) is 28.5 Å². The number of rotatable bonds is 0. The summed E-state index contributed by atoms with van der Waals surface area (Å²) in [5.41, 5.74) is 7.12. The van der Waals surface area contributed by atoms with Gasteiger partial charge in [-0.3, -0.25) is 9.79 Å². The summed E-state index contributed by atoms with van der Waals surface area (Å²) in [6.45, 7) is 0. The summed E-state index contributed by atoms with van der Waals surface area (Å²) in [6.07, 6.45) is 7.33. The van der Waals surface area contributed by atoms with Gasteiger partial charge < -0.3 is 11.1 Å². The molecular weight excluding hydrogens is 166 g/mol. The number of carbonyl (C=O) groups excluding carboxylic acids is 1. The van der Waals surface area contributed by atoms with Crippen molar-refractivity contribution in [2.24, 2.45) is 10.7 Å². The summed E-state index contributed by atoms with van der Waals surface area (Å²) < 4.78 is 0. The van der Waals surface area contributed by atoms with Crippen LogP contribution >= 0.6 is 0 Å². The Hall–Kier alpha value is -1.42. The van der Waals surface area contributed by atoms with E-state index < -0.39 is 6.04 Å². The number of hydrogen-bond acceptors (Lipinski definition) is 3. The molecule has 0 spiro atoms. The summed E-state index contributed by atoms with van der Waals surface area (Å²) in [4.78, 5) is 15.4. The lowest BCUT2D eigenvalue weighted by Gasteiger charge is -2.18. The Morgan fingerprint density at radius 2 is 2.38 bits per heavy atom. The van der Waals surface area contributed by atoms with Crippen LogP contribution in [0, 0.1) is 0 Å². The zero-order chi connectivity index (χ0) is 9.26. The zero-order valence-electron chi connectivity index (χ0n) is 7.16. The summed E-state index contributed by atoms with van der Waals surface area (Å²) in [7, 11) is 0. The Kier molecular flexibility index (Phi) is 1.98. The van der Waals surface area contributed by atoms with Crippen LogP contribution in [0.2, 0.25) is 0 Å². The molecule has 2 heterocycles. The van der Waals surface area contributed by atoms with Crippen LogP contribution < -0.4 is 11.1 Å². The molecule has 0 saturated carbocycles. The molecule has 2 aliphatic heterocycles. The highest BCUT2D eigenvalue weighted by molar-refractivity contribution is 5.88. The van der Waals surface area contributed by atoms with E-state index in [1.165, 1.54) is 0 Å². The van der Waals surface area contributed by atoms with Gasteiger partial charge in [-0.25, -0.2) is 0 Å². The number of carbonyl (C=O) groups is 1. The molecule has 1 amide bonds. The lowest BCUT2D eigenvalue weighted by atomic mass is 10.1. The molecule has 0 aromatic carbocycles. The first-order chi connectivity index (χ1) is 6.27. The van der Waals surface area contributed by atoms with E-state index in [1.54, 1.807) is 6.08 Å². The average molecular weight is 177 g/mol. The van der Waals surface area contributed by atoms with Crippen molar-refractivity contribution in [3.8, 4) is 0 Å². The quantitative estimate of drug-likeness (QED) is 0.550. The minimum atomic E-state index is -0.567. The molecule has 2 aliphatic rings. The van der Waals surface area contributed by atoms with E-state index >= 15 is 0 Å². The van der Waals surface area contributed by atoms with Gasteiger partial charge in [0.05, 0.1) is 11.4 Å². The van der Waals surface area contributed by atoms with E-state index in [9.17, 15) is 4.79 Å². The van der Waals surface area contributed by atoms with Crippen LogP contribution in [-0.4, -0.2) is 18.2 Å². The van der Waals surface area contributed by atoms with Crippen molar-refractivity contribution in [3.05, 3.63) is 23.5 Å². The highest BCUT2D eigenvalue weighted by Gasteiger charge is 2.21. The van der Waals surface area contributed by atoms with E-state index in [-0.39, 0.29) is 5.91 Å². The molecule has 0 aromatic heterocycles. The third-order valence-electron chi connectivity index (χ3n) is 2.05. The second-order valence-corrected chi connectivity index (χ2v) is 3.07. The lowest BCUT2D eigenvalue weighted by molar-refractivity contribution is -0.120. The first-order valence-corrected chi connectivity index (χ1v) is 4.29. The molecule has 68 valence electrons. The fraction of sp³-hybridized carbons (Fsp3) is 0.333. The summed E-state index contributed by atoms with van der Waals surface area (Å²) in [6, 6.07) is -0.567. The van der Waals surface area contributed by atoms with Gasteiger partial charge in [0, 0.05) is 6.21 Å². The molecule has 1 atom stereocenters. The van der Waals surface area contributed by atoms with Crippen LogP contribution in [0.3, 0.4) is 0 Å².